The van der Waals surface area contributed by atoms with Crippen molar-refractivity contribution in [2.24, 2.45) is 0 Å². The average molecular weight is 423 g/mol. The number of esters is 1. The molecular formula is C25H30N2O4. The van der Waals surface area contributed by atoms with Crippen LogP contribution in [0.3, 0.4) is 0 Å². The predicted molar refractivity (Wildman–Crippen MR) is 119 cm³/mol. The highest BCUT2D eigenvalue weighted by Gasteiger charge is 2.48. The third-order valence-electron chi connectivity index (χ3n) is 5.57. The second-order valence-corrected chi connectivity index (χ2v) is 9.11. The Bertz CT molecular complexity index is 974. The summed E-state index contributed by atoms with van der Waals surface area (Å²) in [6, 6.07) is 14.1. The van der Waals surface area contributed by atoms with E-state index in [1.807, 2.05) is 31.2 Å². The molecule has 1 aliphatic heterocycles. The molecule has 3 rings (SSSR count). The maximum atomic E-state index is 13.2. The molecule has 1 aliphatic rings. The Morgan fingerprint density at radius 1 is 1.03 bits per heavy atom. The molecule has 6 heteroatoms. The lowest BCUT2D eigenvalue weighted by molar-refractivity contribution is -0.131. The average Bonchev–Trinajstić information content (AvgIpc) is 2.96. The fourth-order valence-corrected chi connectivity index (χ4v) is 3.55. The second kappa shape index (κ2) is 8.53. The van der Waals surface area contributed by atoms with Gasteiger partial charge in [-0.1, -0.05) is 64.1 Å². The molecule has 31 heavy (non-hydrogen) atoms. The van der Waals surface area contributed by atoms with E-state index in [-0.39, 0.29) is 23.8 Å². The minimum atomic E-state index is -1.11. The molecule has 3 amide bonds. The van der Waals surface area contributed by atoms with Crippen molar-refractivity contribution < 1.29 is 19.1 Å². The summed E-state index contributed by atoms with van der Waals surface area (Å²) in [6.07, 6.45) is 0.758. The van der Waals surface area contributed by atoms with Gasteiger partial charge in [-0.05, 0) is 47.6 Å². The smallest absolute Gasteiger partial charge is 0.338 e. The van der Waals surface area contributed by atoms with Crippen molar-refractivity contribution in [3.8, 4) is 0 Å². The predicted octanol–water partition coefficient (Wildman–Crippen LogP) is 4.52. The molecule has 0 radical (unpaired) electrons. The minimum absolute atomic E-state index is 0.00350. The first-order chi connectivity index (χ1) is 14.6. The summed E-state index contributed by atoms with van der Waals surface area (Å²) in [5.41, 5.74) is 1.99. The highest BCUT2D eigenvalue weighted by Crippen LogP contribution is 2.31. The van der Waals surface area contributed by atoms with Crippen LogP contribution in [-0.4, -0.2) is 29.4 Å². The zero-order chi connectivity index (χ0) is 22.8. The van der Waals surface area contributed by atoms with Crippen molar-refractivity contribution in [1.29, 1.82) is 0 Å². The van der Waals surface area contributed by atoms with Gasteiger partial charge in [0.25, 0.3) is 5.91 Å². The topological polar surface area (TPSA) is 75.7 Å². The van der Waals surface area contributed by atoms with Crippen molar-refractivity contribution in [3.63, 3.8) is 0 Å². The molecular weight excluding hydrogens is 392 g/mol. The number of hydrogen-bond donors (Lipinski definition) is 1. The number of benzene rings is 2. The van der Waals surface area contributed by atoms with Gasteiger partial charge in [-0.2, -0.15) is 0 Å². The lowest BCUT2D eigenvalue weighted by Gasteiger charge is -2.24. The van der Waals surface area contributed by atoms with Gasteiger partial charge >= 0.3 is 12.0 Å². The molecule has 1 heterocycles. The van der Waals surface area contributed by atoms with Gasteiger partial charge in [-0.25, -0.2) is 9.59 Å². The van der Waals surface area contributed by atoms with Crippen LogP contribution in [0.2, 0.25) is 0 Å². The molecule has 1 unspecified atom stereocenters. The van der Waals surface area contributed by atoms with Crippen LogP contribution in [0, 0.1) is 0 Å². The van der Waals surface area contributed by atoms with Crippen LogP contribution in [0.5, 0.6) is 0 Å². The van der Waals surface area contributed by atoms with Crippen LogP contribution in [0.25, 0.3) is 0 Å². The van der Waals surface area contributed by atoms with Gasteiger partial charge in [0, 0.05) is 0 Å². The van der Waals surface area contributed by atoms with E-state index >= 15 is 0 Å². The van der Waals surface area contributed by atoms with E-state index in [4.69, 9.17) is 4.74 Å². The molecule has 1 fully saturated rings. The normalized spacial score (nSPS) is 18.8. The molecule has 0 aliphatic carbocycles. The Hall–Kier alpha value is -3.15. The van der Waals surface area contributed by atoms with Gasteiger partial charge < -0.3 is 10.1 Å². The third-order valence-corrected chi connectivity index (χ3v) is 5.57. The van der Waals surface area contributed by atoms with Crippen LogP contribution in [0.4, 0.5) is 4.79 Å². The van der Waals surface area contributed by atoms with E-state index in [0.717, 1.165) is 23.1 Å². The quantitative estimate of drug-likeness (QED) is 0.549. The van der Waals surface area contributed by atoms with E-state index in [9.17, 15) is 14.4 Å². The van der Waals surface area contributed by atoms with Gasteiger partial charge in [0.15, 0.2) is 0 Å². The molecule has 0 aromatic heterocycles. The summed E-state index contributed by atoms with van der Waals surface area (Å²) in [5.74, 6) is -0.679. The molecule has 0 spiro atoms. The van der Waals surface area contributed by atoms with Gasteiger partial charge in [-0.3, -0.25) is 9.69 Å². The lowest BCUT2D eigenvalue weighted by Crippen LogP contribution is -2.40. The maximum absolute atomic E-state index is 13.2. The van der Waals surface area contributed by atoms with Crippen molar-refractivity contribution in [2.45, 2.75) is 58.5 Å². The first-order valence-electron chi connectivity index (χ1n) is 10.6. The molecule has 2 aromatic rings. The number of imide groups is 1. The van der Waals surface area contributed by atoms with Crippen LogP contribution in [0.15, 0.2) is 48.5 Å². The van der Waals surface area contributed by atoms with Crippen LogP contribution >= 0.6 is 0 Å². The Balaban J connectivity index is 1.75. The monoisotopic (exact) mass is 422 g/mol. The van der Waals surface area contributed by atoms with E-state index < -0.39 is 11.6 Å². The standard InChI is InChI=1S/C25H30N2O4/c1-6-15-31-21(28)18-9-7-17(8-10-18)16-27-22(29)25(5,26-23(27)30)20-13-11-19(12-14-20)24(2,3)4/h7-14H,6,15-16H2,1-5H3,(H,26,30). The summed E-state index contributed by atoms with van der Waals surface area (Å²) in [6.45, 7) is 10.5. The Labute approximate surface area is 183 Å². The van der Waals surface area contributed by atoms with Crippen LogP contribution in [-0.2, 0) is 27.0 Å². The number of amides is 3. The van der Waals surface area contributed by atoms with E-state index in [0.29, 0.717) is 12.2 Å². The van der Waals surface area contributed by atoms with E-state index in [1.165, 1.54) is 4.90 Å². The summed E-state index contributed by atoms with van der Waals surface area (Å²) in [7, 11) is 0. The second-order valence-electron chi connectivity index (χ2n) is 9.11. The van der Waals surface area contributed by atoms with E-state index in [2.05, 4.69) is 26.1 Å². The fraction of sp³-hybridized carbons (Fsp3) is 0.400. The molecule has 2 aromatic carbocycles. The number of carbonyl (C=O) groups is 3. The van der Waals surface area contributed by atoms with Gasteiger partial charge in [0.1, 0.15) is 5.54 Å². The Morgan fingerprint density at radius 3 is 2.19 bits per heavy atom. The Kier molecular flexibility index (Phi) is 6.20. The fourth-order valence-electron chi connectivity index (χ4n) is 3.55. The minimum Gasteiger partial charge on any atom is -0.462 e. The van der Waals surface area contributed by atoms with Gasteiger partial charge in [0.05, 0.1) is 18.7 Å². The van der Waals surface area contributed by atoms with Crippen molar-refractivity contribution in [2.75, 3.05) is 6.61 Å². The molecule has 1 atom stereocenters. The zero-order valence-corrected chi connectivity index (χ0v) is 18.8. The summed E-state index contributed by atoms with van der Waals surface area (Å²) in [5, 5.41) is 2.84. The number of nitrogens with zero attached hydrogens (tertiary/aromatic N) is 1. The molecule has 1 saturated heterocycles. The first kappa shape index (κ1) is 22.5. The molecule has 1 N–H and O–H groups in total. The highest BCUT2D eigenvalue weighted by atomic mass is 16.5. The number of hydrogen-bond acceptors (Lipinski definition) is 4. The van der Waals surface area contributed by atoms with Crippen molar-refractivity contribution in [1.82, 2.24) is 10.2 Å². The summed E-state index contributed by atoms with van der Waals surface area (Å²) < 4.78 is 5.12. The first-order valence-corrected chi connectivity index (χ1v) is 10.6. The molecule has 164 valence electrons. The number of carbonyl (C=O) groups excluding carboxylic acids is 3. The van der Waals surface area contributed by atoms with Crippen LogP contribution < -0.4 is 5.32 Å². The van der Waals surface area contributed by atoms with E-state index in [1.54, 1.807) is 31.2 Å². The Morgan fingerprint density at radius 2 is 1.65 bits per heavy atom. The highest BCUT2D eigenvalue weighted by molar-refractivity contribution is 6.07. The molecule has 0 saturated carbocycles. The molecule has 6 nitrogen and oxygen atoms in total. The number of ether oxygens (including phenoxy) is 1. The lowest BCUT2D eigenvalue weighted by atomic mass is 9.84. The summed E-state index contributed by atoms with van der Waals surface area (Å²) >= 11 is 0. The number of nitrogens with one attached hydrogen (secondary N) is 1. The van der Waals surface area contributed by atoms with Crippen molar-refractivity contribution in [3.05, 3.63) is 70.8 Å². The van der Waals surface area contributed by atoms with Gasteiger partial charge in [0.2, 0.25) is 0 Å². The van der Waals surface area contributed by atoms with Crippen LogP contribution in [0.1, 0.15) is 68.1 Å². The molecule has 0 bridgehead atoms. The number of rotatable bonds is 6. The van der Waals surface area contributed by atoms with Crippen molar-refractivity contribution >= 4 is 17.9 Å². The summed E-state index contributed by atoms with van der Waals surface area (Å²) in [4.78, 5) is 39.0. The largest absolute Gasteiger partial charge is 0.462 e. The number of urea groups is 1. The zero-order valence-electron chi connectivity index (χ0n) is 18.8. The van der Waals surface area contributed by atoms with Gasteiger partial charge in [-0.15, -0.1) is 0 Å². The SMILES string of the molecule is CCCOC(=O)c1ccc(CN2C(=O)NC(C)(c3ccc(C(C)(C)C)cc3)C2=O)cc1. The maximum Gasteiger partial charge on any atom is 0.338 e. The third kappa shape index (κ3) is 4.63.